The molecule has 1 aliphatic heterocycles. The summed E-state index contributed by atoms with van der Waals surface area (Å²) in [5.41, 5.74) is 2.67. The van der Waals surface area contributed by atoms with Gasteiger partial charge < -0.3 is 10.4 Å². The van der Waals surface area contributed by atoms with E-state index >= 15 is 0 Å². The lowest BCUT2D eigenvalue weighted by Gasteiger charge is -2.31. The van der Waals surface area contributed by atoms with Gasteiger partial charge in [0.2, 0.25) is 0 Å². The zero-order valence-electron chi connectivity index (χ0n) is 13.5. The number of hydrogen-bond acceptors (Lipinski definition) is 3. The van der Waals surface area contributed by atoms with Crippen molar-refractivity contribution < 1.29 is 5.11 Å². The van der Waals surface area contributed by atoms with Crippen molar-refractivity contribution in [3.05, 3.63) is 29.8 Å². The lowest BCUT2D eigenvalue weighted by atomic mass is 9.97. The smallest absolute Gasteiger partial charge is 0.0460 e. The molecule has 1 aliphatic rings. The first-order valence-electron chi connectivity index (χ1n) is 8.34. The first kappa shape index (κ1) is 16.3. The van der Waals surface area contributed by atoms with Gasteiger partial charge in [0.15, 0.2) is 0 Å². The van der Waals surface area contributed by atoms with Gasteiger partial charge in [-0.05, 0) is 55.8 Å². The first-order valence-corrected chi connectivity index (χ1v) is 8.34. The van der Waals surface area contributed by atoms with Gasteiger partial charge in [-0.2, -0.15) is 0 Å². The van der Waals surface area contributed by atoms with Crippen LogP contribution in [0, 0.1) is 11.8 Å². The number of anilines is 1. The van der Waals surface area contributed by atoms with Gasteiger partial charge in [0.1, 0.15) is 0 Å². The molecule has 2 N–H and O–H groups in total. The largest absolute Gasteiger partial charge is 0.396 e. The second kappa shape index (κ2) is 8.40. The molecule has 0 atom stereocenters. The number of aliphatic hydroxyl groups excluding tert-OH is 1. The Morgan fingerprint density at radius 1 is 1.24 bits per heavy atom. The van der Waals surface area contributed by atoms with Crippen LogP contribution in [0.1, 0.15) is 38.7 Å². The summed E-state index contributed by atoms with van der Waals surface area (Å²) in [4.78, 5) is 2.51. The molecule has 1 saturated heterocycles. The van der Waals surface area contributed by atoms with Crippen LogP contribution < -0.4 is 5.32 Å². The SMILES string of the molecule is CC(C)CCNc1ccccc1CN1CCC(CO)CC1. The Labute approximate surface area is 129 Å². The number of para-hydroxylation sites is 1. The second-order valence-corrected chi connectivity index (χ2v) is 6.67. The molecule has 0 saturated carbocycles. The van der Waals surface area contributed by atoms with E-state index in [9.17, 15) is 5.11 Å². The van der Waals surface area contributed by atoms with Crippen molar-refractivity contribution >= 4 is 5.69 Å². The van der Waals surface area contributed by atoms with Crippen LogP contribution in [0.15, 0.2) is 24.3 Å². The molecule has 0 aromatic heterocycles. The van der Waals surface area contributed by atoms with E-state index in [2.05, 4.69) is 48.3 Å². The Bertz CT molecular complexity index is 411. The number of nitrogens with zero attached hydrogens (tertiary/aromatic N) is 1. The fraction of sp³-hybridized carbons (Fsp3) is 0.667. The van der Waals surface area contributed by atoms with Gasteiger partial charge in [0.05, 0.1) is 0 Å². The number of nitrogens with one attached hydrogen (secondary N) is 1. The Kier molecular flexibility index (Phi) is 6.52. The maximum Gasteiger partial charge on any atom is 0.0460 e. The highest BCUT2D eigenvalue weighted by Gasteiger charge is 2.19. The molecular weight excluding hydrogens is 260 g/mol. The van der Waals surface area contributed by atoms with Gasteiger partial charge in [-0.15, -0.1) is 0 Å². The zero-order chi connectivity index (χ0) is 15.1. The molecule has 0 spiro atoms. The van der Waals surface area contributed by atoms with E-state index in [1.807, 2.05) is 0 Å². The molecule has 0 bridgehead atoms. The first-order chi connectivity index (χ1) is 10.2. The average molecular weight is 290 g/mol. The van der Waals surface area contributed by atoms with Crippen LogP contribution >= 0.6 is 0 Å². The van der Waals surface area contributed by atoms with E-state index in [0.29, 0.717) is 12.5 Å². The summed E-state index contributed by atoms with van der Waals surface area (Å²) in [6.45, 7) is 9.14. The van der Waals surface area contributed by atoms with E-state index in [-0.39, 0.29) is 0 Å². The Balaban J connectivity index is 1.87. The minimum atomic E-state index is 0.348. The minimum absolute atomic E-state index is 0.348. The number of aliphatic hydroxyl groups is 1. The summed E-state index contributed by atoms with van der Waals surface area (Å²) >= 11 is 0. The maximum atomic E-state index is 9.22. The van der Waals surface area contributed by atoms with Crippen LogP contribution in [0.25, 0.3) is 0 Å². The van der Waals surface area contributed by atoms with Crippen LogP contribution in [0.4, 0.5) is 5.69 Å². The Morgan fingerprint density at radius 3 is 2.62 bits per heavy atom. The van der Waals surface area contributed by atoms with Crippen LogP contribution in [-0.2, 0) is 6.54 Å². The molecule has 1 heterocycles. The van der Waals surface area contributed by atoms with Crippen LogP contribution in [0.3, 0.4) is 0 Å². The fourth-order valence-corrected chi connectivity index (χ4v) is 2.89. The lowest BCUT2D eigenvalue weighted by Crippen LogP contribution is -2.34. The van der Waals surface area contributed by atoms with Gasteiger partial charge in [0, 0.05) is 25.4 Å². The number of rotatable bonds is 7. The summed E-state index contributed by atoms with van der Waals surface area (Å²) in [6, 6.07) is 8.66. The van der Waals surface area contributed by atoms with Gasteiger partial charge >= 0.3 is 0 Å². The molecular formula is C18H30N2O. The van der Waals surface area contributed by atoms with E-state index in [4.69, 9.17) is 0 Å². The van der Waals surface area contributed by atoms with Crippen molar-refractivity contribution in [3.63, 3.8) is 0 Å². The second-order valence-electron chi connectivity index (χ2n) is 6.67. The Hall–Kier alpha value is -1.06. The maximum absolute atomic E-state index is 9.22. The summed E-state index contributed by atoms with van der Waals surface area (Å²) in [5.74, 6) is 1.25. The molecule has 1 aromatic carbocycles. The van der Waals surface area contributed by atoms with Crippen molar-refractivity contribution in [1.29, 1.82) is 0 Å². The molecule has 3 nitrogen and oxygen atoms in total. The number of benzene rings is 1. The Morgan fingerprint density at radius 2 is 1.95 bits per heavy atom. The number of hydrogen-bond donors (Lipinski definition) is 2. The summed E-state index contributed by atoms with van der Waals surface area (Å²) < 4.78 is 0. The molecule has 118 valence electrons. The van der Waals surface area contributed by atoms with E-state index in [1.54, 1.807) is 0 Å². The highest BCUT2D eigenvalue weighted by molar-refractivity contribution is 5.51. The van der Waals surface area contributed by atoms with Gasteiger partial charge in [-0.25, -0.2) is 0 Å². The van der Waals surface area contributed by atoms with Gasteiger partial charge in [0.25, 0.3) is 0 Å². The highest BCUT2D eigenvalue weighted by Crippen LogP contribution is 2.22. The van der Waals surface area contributed by atoms with Crippen LogP contribution in [0.2, 0.25) is 0 Å². The van der Waals surface area contributed by atoms with Crippen LogP contribution in [0.5, 0.6) is 0 Å². The van der Waals surface area contributed by atoms with E-state index < -0.39 is 0 Å². The van der Waals surface area contributed by atoms with Gasteiger partial charge in [-0.3, -0.25) is 4.90 Å². The fourth-order valence-electron chi connectivity index (χ4n) is 2.89. The molecule has 0 unspecified atom stereocenters. The predicted octanol–water partition coefficient (Wildman–Crippen LogP) is 3.35. The molecule has 2 rings (SSSR count). The summed E-state index contributed by atoms with van der Waals surface area (Å²) in [7, 11) is 0. The molecule has 21 heavy (non-hydrogen) atoms. The molecule has 0 aliphatic carbocycles. The third-order valence-corrected chi connectivity index (χ3v) is 4.41. The highest BCUT2D eigenvalue weighted by atomic mass is 16.3. The van der Waals surface area contributed by atoms with Crippen molar-refractivity contribution in [2.24, 2.45) is 11.8 Å². The van der Waals surface area contributed by atoms with Crippen LogP contribution in [-0.4, -0.2) is 36.2 Å². The van der Waals surface area contributed by atoms with Crippen molar-refractivity contribution in [2.45, 2.75) is 39.7 Å². The quantitative estimate of drug-likeness (QED) is 0.808. The van der Waals surface area contributed by atoms with Crippen molar-refractivity contribution in [1.82, 2.24) is 4.90 Å². The van der Waals surface area contributed by atoms with E-state index in [0.717, 1.165) is 44.9 Å². The average Bonchev–Trinajstić information content (AvgIpc) is 2.49. The third kappa shape index (κ3) is 5.33. The molecule has 1 aromatic rings. The topological polar surface area (TPSA) is 35.5 Å². The number of likely N-dealkylation sites (tertiary alicyclic amines) is 1. The lowest BCUT2D eigenvalue weighted by molar-refractivity contribution is 0.127. The normalized spacial score (nSPS) is 17.3. The summed E-state index contributed by atoms with van der Waals surface area (Å²) in [6.07, 6.45) is 3.45. The van der Waals surface area contributed by atoms with Gasteiger partial charge in [-0.1, -0.05) is 32.0 Å². The molecule has 3 heteroatoms. The van der Waals surface area contributed by atoms with Crippen molar-refractivity contribution in [2.75, 3.05) is 31.6 Å². The summed E-state index contributed by atoms with van der Waals surface area (Å²) in [5, 5.41) is 12.8. The van der Waals surface area contributed by atoms with E-state index in [1.165, 1.54) is 17.7 Å². The third-order valence-electron chi connectivity index (χ3n) is 4.41. The molecule has 0 amide bonds. The predicted molar refractivity (Wildman–Crippen MR) is 89.5 cm³/mol. The zero-order valence-corrected chi connectivity index (χ0v) is 13.5. The van der Waals surface area contributed by atoms with Crippen molar-refractivity contribution in [3.8, 4) is 0 Å². The molecule has 0 radical (unpaired) electrons. The minimum Gasteiger partial charge on any atom is -0.396 e. The monoisotopic (exact) mass is 290 g/mol. The molecule has 1 fully saturated rings. The standard InChI is InChI=1S/C18H30N2O/c1-15(2)7-10-19-18-6-4-3-5-17(18)13-20-11-8-16(14-21)9-12-20/h3-6,15-16,19,21H,7-14H2,1-2H3. The number of piperidine rings is 1.